The van der Waals surface area contributed by atoms with E-state index in [1.165, 1.54) is 0 Å². The Kier molecular flexibility index (Phi) is 2.09. The normalized spacial score (nSPS) is 9.80. The molecule has 0 aromatic carbocycles. The highest BCUT2D eigenvalue weighted by molar-refractivity contribution is 6.30. The number of H-pyrrole nitrogens is 1. The van der Waals surface area contributed by atoms with Crippen LogP contribution in [0.1, 0.15) is 5.56 Å². The number of nitrogens with two attached hydrogens (primary N) is 1. The van der Waals surface area contributed by atoms with Crippen LogP contribution < -0.4 is 11.3 Å². The number of aromatic amines is 1. The predicted molar refractivity (Wildman–Crippen MR) is 40.0 cm³/mol. The summed E-state index contributed by atoms with van der Waals surface area (Å²) in [6, 6.07) is 1.56. The zero-order chi connectivity index (χ0) is 7.56. The van der Waals surface area contributed by atoms with Gasteiger partial charge < -0.3 is 10.7 Å². The van der Waals surface area contributed by atoms with Crippen LogP contribution in [0.25, 0.3) is 0 Å². The largest absolute Gasteiger partial charge is 0.328 e. The lowest BCUT2D eigenvalue weighted by Crippen LogP contribution is -2.07. The van der Waals surface area contributed by atoms with Crippen LogP contribution in [0.2, 0.25) is 5.02 Å². The van der Waals surface area contributed by atoms with Crippen LogP contribution in [0.3, 0.4) is 0 Å². The lowest BCUT2D eigenvalue weighted by molar-refractivity contribution is 1.04. The van der Waals surface area contributed by atoms with Crippen molar-refractivity contribution in [2.45, 2.75) is 6.54 Å². The molecule has 4 heteroatoms. The Bertz CT molecular complexity index is 281. The Balaban J connectivity index is 3.17. The van der Waals surface area contributed by atoms with Crippen molar-refractivity contribution in [3.8, 4) is 0 Å². The van der Waals surface area contributed by atoms with Crippen LogP contribution in [-0.4, -0.2) is 4.98 Å². The lowest BCUT2D eigenvalue weighted by Gasteiger charge is -1.93. The summed E-state index contributed by atoms with van der Waals surface area (Å²) in [5.74, 6) is 0. The van der Waals surface area contributed by atoms with Crippen molar-refractivity contribution >= 4 is 11.6 Å². The van der Waals surface area contributed by atoms with Crippen molar-refractivity contribution in [2.24, 2.45) is 5.73 Å². The number of aromatic nitrogens is 1. The molecule has 0 unspecified atom stereocenters. The highest BCUT2D eigenvalue weighted by Gasteiger charge is 1.94. The van der Waals surface area contributed by atoms with Gasteiger partial charge in [0.1, 0.15) is 5.02 Å². The quantitative estimate of drug-likeness (QED) is 0.625. The van der Waals surface area contributed by atoms with E-state index in [1.807, 2.05) is 0 Å². The van der Waals surface area contributed by atoms with E-state index in [2.05, 4.69) is 4.98 Å². The van der Waals surface area contributed by atoms with Crippen molar-refractivity contribution < 1.29 is 0 Å². The molecule has 0 aliphatic carbocycles. The fourth-order valence-corrected chi connectivity index (χ4v) is 0.810. The van der Waals surface area contributed by atoms with E-state index in [0.29, 0.717) is 6.54 Å². The first kappa shape index (κ1) is 7.31. The van der Waals surface area contributed by atoms with E-state index in [-0.39, 0.29) is 10.6 Å². The third-order valence-electron chi connectivity index (χ3n) is 1.15. The Morgan fingerprint density at radius 1 is 1.70 bits per heavy atom. The molecule has 1 rings (SSSR count). The molecule has 3 N–H and O–H groups in total. The maximum atomic E-state index is 10.7. The molecule has 3 nitrogen and oxygen atoms in total. The van der Waals surface area contributed by atoms with Gasteiger partial charge in [-0.25, -0.2) is 0 Å². The first-order chi connectivity index (χ1) is 4.74. The number of pyridine rings is 1. The second-order valence-corrected chi connectivity index (χ2v) is 2.30. The first-order valence-electron chi connectivity index (χ1n) is 2.81. The average Bonchev–Trinajstić information content (AvgIpc) is 1.95. The third-order valence-corrected chi connectivity index (χ3v) is 1.43. The minimum atomic E-state index is -0.279. The second kappa shape index (κ2) is 2.86. The molecule has 0 aliphatic heterocycles. The molecule has 1 aromatic rings. The molecule has 0 fully saturated rings. The van der Waals surface area contributed by atoms with E-state index in [4.69, 9.17) is 17.3 Å². The number of halogens is 1. The van der Waals surface area contributed by atoms with Crippen molar-refractivity contribution in [1.82, 2.24) is 4.98 Å². The van der Waals surface area contributed by atoms with E-state index in [0.717, 1.165) is 5.56 Å². The van der Waals surface area contributed by atoms with Gasteiger partial charge in [-0.05, 0) is 11.6 Å². The summed E-state index contributed by atoms with van der Waals surface area (Å²) >= 11 is 5.49. The van der Waals surface area contributed by atoms with Crippen LogP contribution >= 0.6 is 11.6 Å². The van der Waals surface area contributed by atoms with Gasteiger partial charge in [0.2, 0.25) is 0 Å². The summed E-state index contributed by atoms with van der Waals surface area (Å²) in [7, 11) is 0. The van der Waals surface area contributed by atoms with Crippen LogP contribution in [0.5, 0.6) is 0 Å². The Hall–Kier alpha value is -0.800. The van der Waals surface area contributed by atoms with E-state index >= 15 is 0 Å². The summed E-state index contributed by atoms with van der Waals surface area (Å²) in [5.41, 5.74) is 5.83. The molecule has 0 amide bonds. The third kappa shape index (κ3) is 1.37. The zero-order valence-electron chi connectivity index (χ0n) is 5.23. The maximum Gasteiger partial charge on any atom is 0.266 e. The van der Waals surface area contributed by atoms with E-state index in [1.54, 1.807) is 12.3 Å². The lowest BCUT2D eigenvalue weighted by atomic mass is 10.3. The zero-order valence-corrected chi connectivity index (χ0v) is 5.98. The van der Waals surface area contributed by atoms with Gasteiger partial charge >= 0.3 is 0 Å². The number of nitrogens with one attached hydrogen (secondary N) is 1. The van der Waals surface area contributed by atoms with Gasteiger partial charge in [-0.2, -0.15) is 0 Å². The van der Waals surface area contributed by atoms with Gasteiger partial charge in [-0.3, -0.25) is 4.79 Å². The summed E-state index contributed by atoms with van der Waals surface area (Å²) in [5, 5.41) is 0.183. The van der Waals surface area contributed by atoms with Gasteiger partial charge in [-0.15, -0.1) is 0 Å². The molecule has 0 bridgehead atoms. The molecule has 0 atom stereocenters. The van der Waals surface area contributed by atoms with Crippen molar-refractivity contribution in [2.75, 3.05) is 0 Å². The second-order valence-electron chi connectivity index (χ2n) is 1.89. The predicted octanol–water partition coefficient (Wildman–Crippen LogP) is 0.487. The SMILES string of the molecule is NCc1c[nH]c(=O)c(Cl)c1. The molecular weight excluding hydrogens is 152 g/mol. The maximum absolute atomic E-state index is 10.7. The fraction of sp³-hybridized carbons (Fsp3) is 0.167. The minimum absolute atomic E-state index is 0.183. The van der Waals surface area contributed by atoms with Gasteiger partial charge in [-0.1, -0.05) is 11.6 Å². The van der Waals surface area contributed by atoms with Crippen LogP contribution in [0.4, 0.5) is 0 Å². The van der Waals surface area contributed by atoms with Gasteiger partial charge in [0.05, 0.1) is 0 Å². The van der Waals surface area contributed by atoms with Crippen molar-refractivity contribution in [1.29, 1.82) is 0 Å². The van der Waals surface area contributed by atoms with Gasteiger partial charge in [0.15, 0.2) is 0 Å². The topological polar surface area (TPSA) is 58.9 Å². The monoisotopic (exact) mass is 158 g/mol. The molecule has 0 radical (unpaired) electrons. The summed E-state index contributed by atoms with van der Waals surface area (Å²) in [6.45, 7) is 0.385. The number of rotatable bonds is 1. The average molecular weight is 159 g/mol. The molecule has 0 saturated carbocycles. The van der Waals surface area contributed by atoms with Crippen LogP contribution in [0, 0.1) is 0 Å². The molecule has 0 spiro atoms. The molecule has 10 heavy (non-hydrogen) atoms. The Morgan fingerprint density at radius 2 is 2.40 bits per heavy atom. The van der Waals surface area contributed by atoms with Gasteiger partial charge in [0.25, 0.3) is 5.56 Å². The summed E-state index contributed by atoms with van der Waals surface area (Å²) in [4.78, 5) is 13.1. The molecule has 0 aliphatic rings. The highest BCUT2D eigenvalue weighted by Crippen LogP contribution is 2.01. The van der Waals surface area contributed by atoms with Crippen molar-refractivity contribution in [3.05, 3.63) is 33.2 Å². The Labute approximate surface area is 62.8 Å². The first-order valence-corrected chi connectivity index (χ1v) is 3.19. The molecule has 54 valence electrons. The minimum Gasteiger partial charge on any atom is -0.328 e. The molecular formula is C6H7ClN2O. The highest BCUT2D eigenvalue weighted by atomic mass is 35.5. The van der Waals surface area contributed by atoms with Crippen LogP contribution in [-0.2, 0) is 6.54 Å². The standard InChI is InChI=1S/C6H7ClN2O/c7-5-1-4(2-8)3-9-6(5)10/h1,3H,2,8H2,(H,9,10). The van der Waals surface area contributed by atoms with Crippen molar-refractivity contribution in [3.63, 3.8) is 0 Å². The Morgan fingerprint density at radius 3 is 2.90 bits per heavy atom. The molecule has 1 heterocycles. The van der Waals surface area contributed by atoms with E-state index in [9.17, 15) is 4.79 Å². The molecule has 0 saturated heterocycles. The smallest absolute Gasteiger partial charge is 0.266 e. The summed E-state index contributed by atoms with van der Waals surface area (Å²) in [6.07, 6.45) is 1.55. The summed E-state index contributed by atoms with van der Waals surface area (Å²) < 4.78 is 0. The fourth-order valence-electron chi connectivity index (χ4n) is 0.615. The van der Waals surface area contributed by atoms with Crippen LogP contribution in [0.15, 0.2) is 17.1 Å². The number of hydrogen-bond acceptors (Lipinski definition) is 2. The van der Waals surface area contributed by atoms with E-state index < -0.39 is 0 Å². The number of hydrogen-bond donors (Lipinski definition) is 2. The van der Waals surface area contributed by atoms with Gasteiger partial charge in [0, 0.05) is 12.7 Å². The molecule has 1 aromatic heterocycles.